The second-order valence-electron chi connectivity index (χ2n) is 7.20. The van der Waals surface area contributed by atoms with Crippen LogP contribution >= 0.6 is 24.0 Å². The van der Waals surface area contributed by atoms with Crippen molar-refractivity contribution in [3.05, 3.63) is 77.3 Å². The van der Waals surface area contributed by atoms with Crippen molar-refractivity contribution in [2.24, 2.45) is 4.99 Å². The molecular weight excluding hydrogens is 505 g/mol. The number of ether oxygens (including phenoxy) is 1. The lowest BCUT2D eigenvalue weighted by molar-refractivity contribution is 0.293. The largest absolute Gasteiger partial charge is 0.473 e. The van der Waals surface area contributed by atoms with E-state index in [9.17, 15) is 0 Å². The smallest absolute Gasteiger partial charge is 0.213 e. The molecule has 3 rings (SSSR count). The van der Waals surface area contributed by atoms with E-state index in [0.29, 0.717) is 37.5 Å². The third-order valence-electron chi connectivity index (χ3n) is 4.39. The van der Waals surface area contributed by atoms with Crippen molar-refractivity contribution in [1.29, 1.82) is 0 Å². The maximum atomic E-state index is 5.80. The van der Waals surface area contributed by atoms with Crippen LogP contribution in [0.15, 0.2) is 64.2 Å². The molecule has 0 radical (unpaired) electrons. The first-order chi connectivity index (χ1) is 14.6. The van der Waals surface area contributed by atoms with Gasteiger partial charge in [-0.3, -0.25) is 0 Å². The normalized spacial score (nSPS) is 11.2. The Kier molecular flexibility index (Phi) is 10.3. The van der Waals surface area contributed by atoms with Crippen LogP contribution in [0.5, 0.6) is 5.88 Å². The summed E-state index contributed by atoms with van der Waals surface area (Å²) in [6, 6.07) is 15.9. The zero-order chi connectivity index (χ0) is 21.2. The Morgan fingerprint density at radius 2 is 1.90 bits per heavy atom. The molecule has 0 atom stereocenters. The van der Waals surface area contributed by atoms with E-state index in [1.54, 1.807) is 6.20 Å². The first-order valence-corrected chi connectivity index (χ1v) is 10.2. The highest BCUT2D eigenvalue weighted by atomic mass is 127. The number of benzene rings is 1. The number of pyridine rings is 1. The Morgan fingerprint density at radius 3 is 2.61 bits per heavy atom. The third-order valence-corrected chi connectivity index (χ3v) is 4.39. The molecule has 0 saturated heterocycles. The average molecular weight is 535 g/mol. The van der Waals surface area contributed by atoms with Crippen LogP contribution in [0.4, 0.5) is 0 Å². The number of nitrogens with zero attached hydrogens (tertiary/aromatic N) is 3. The zero-order valence-corrected chi connectivity index (χ0v) is 20.5. The van der Waals surface area contributed by atoms with Gasteiger partial charge in [-0.15, -0.1) is 24.0 Å². The minimum atomic E-state index is 0. The summed E-state index contributed by atoms with van der Waals surface area (Å²) < 4.78 is 11.2. The summed E-state index contributed by atoms with van der Waals surface area (Å²) in [5.74, 6) is 2.43. The van der Waals surface area contributed by atoms with Crippen molar-refractivity contribution in [2.45, 2.75) is 46.4 Å². The zero-order valence-electron chi connectivity index (χ0n) is 18.2. The highest BCUT2D eigenvalue weighted by Crippen LogP contribution is 2.14. The first kappa shape index (κ1) is 24.6. The molecule has 7 nitrogen and oxygen atoms in total. The quantitative estimate of drug-likeness (QED) is 0.236. The summed E-state index contributed by atoms with van der Waals surface area (Å²) >= 11 is 0. The summed E-state index contributed by atoms with van der Waals surface area (Å²) in [4.78, 5) is 8.94. The topological polar surface area (TPSA) is 84.6 Å². The number of guanidine groups is 1. The number of hydrogen-bond acceptors (Lipinski definition) is 5. The van der Waals surface area contributed by atoms with E-state index in [1.807, 2.05) is 55.5 Å². The van der Waals surface area contributed by atoms with Gasteiger partial charge in [0.05, 0.1) is 18.8 Å². The van der Waals surface area contributed by atoms with Crippen LogP contribution < -0.4 is 15.4 Å². The predicted octanol–water partition coefficient (Wildman–Crippen LogP) is 4.65. The summed E-state index contributed by atoms with van der Waals surface area (Å²) in [5.41, 5.74) is 3.08. The Hall–Kier alpha value is -2.62. The van der Waals surface area contributed by atoms with Gasteiger partial charge >= 0.3 is 0 Å². The van der Waals surface area contributed by atoms with Gasteiger partial charge in [0.1, 0.15) is 6.61 Å². The van der Waals surface area contributed by atoms with Gasteiger partial charge in [-0.2, -0.15) is 0 Å². The molecule has 0 amide bonds. The Morgan fingerprint density at radius 1 is 1.10 bits per heavy atom. The van der Waals surface area contributed by atoms with Crippen molar-refractivity contribution in [3.8, 4) is 5.88 Å². The minimum Gasteiger partial charge on any atom is -0.473 e. The number of nitrogens with one attached hydrogen (secondary N) is 2. The van der Waals surface area contributed by atoms with E-state index in [0.717, 1.165) is 29.1 Å². The molecule has 0 unspecified atom stereocenters. The van der Waals surface area contributed by atoms with E-state index in [1.165, 1.54) is 0 Å². The van der Waals surface area contributed by atoms with Crippen LogP contribution in [-0.2, 0) is 19.7 Å². The van der Waals surface area contributed by atoms with Gasteiger partial charge in [0.25, 0.3) is 0 Å². The van der Waals surface area contributed by atoms with Crippen LogP contribution in [0.2, 0.25) is 0 Å². The summed E-state index contributed by atoms with van der Waals surface area (Å²) in [6.07, 6.45) is 1.74. The van der Waals surface area contributed by atoms with Crippen LogP contribution in [0, 0.1) is 0 Å². The standard InChI is InChI=1S/C23H29N5O2.HI/c1-4-24-23(27-15-20-13-21(17(2)3)28-30-20)26-14-19-10-11-25-22(12-19)29-16-18-8-6-5-7-9-18;/h5-13,17H,4,14-16H2,1-3H3,(H2,24,26,27);1H. The van der Waals surface area contributed by atoms with E-state index < -0.39 is 0 Å². The summed E-state index contributed by atoms with van der Waals surface area (Å²) in [6.45, 7) is 8.49. The van der Waals surface area contributed by atoms with Crippen LogP contribution in [0.1, 0.15) is 49.3 Å². The number of rotatable bonds is 9. The molecule has 3 aromatic rings. The lowest BCUT2D eigenvalue weighted by atomic mass is 10.1. The van der Waals surface area contributed by atoms with E-state index in [2.05, 4.69) is 39.6 Å². The van der Waals surface area contributed by atoms with Crippen molar-refractivity contribution < 1.29 is 9.26 Å². The van der Waals surface area contributed by atoms with Crippen LogP contribution in [0.25, 0.3) is 0 Å². The first-order valence-electron chi connectivity index (χ1n) is 10.2. The van der Waals surface area contributed by atoms with E-state index in [4.69, 9.17) is 9.26 Å². The average Bonchev–Trinajstić information content (AvgIpc) is 3.25. The SMILES string of the molecule is CCNC(=NCc1ccnc(OCc2ccccc2)c1)NCc1cc(C(C)C)no1.I. The Bertz CT molecular complexity index is 944. The molecule has 0 saturated carbocycles. The molecule has 2 heterocycles. The molecule has 0 aliphatic rings. The molecule has 166 valence electrons. The van der Waals surface area contributed by atoms with Crippen molar-refractivity contribution >= 4 is 29.9 Å². The molecule has 0 aliphatic heterocycles. The molecular formula is C23H30IN5O2. The highest BCUT2D eigenvalue weighted by molar-refractivity contribution is 14.0. The Labute approximate surface area is 200 Å². The van der Waals surface area contributed by atoms with Gasteiger partial charge in [-0.25, -0.2) is 9.98 Å². The fraction of sp³-hybridized carbons (Fsp3) is 0.348. The molecule has 0 spiro atoms. The molecule has 0 fully saturated rings. The molecule has 2 N–H and O–H groups in total. The number of halogens is 1. The summed E-state index contributed by atoms with van der Waals surface area (Å²) in [7, 11) is 0. The number of aromatic nitrogens is 2. The maximum Gasteiger partial charge on any atom is 0.213 e. The van der Waals surface area contributed by atoms with Gasteiger partial charge in [0.2, 0.25) is 5.88 Å². The Balaban J connectivity index is 0.00000341. The van der Waals surface area contributed by atoms with Crippen molar-refractivity contribution in [2.75, 3.05) is 6.54 Å². The number of hydrogen-bond donors (Lipinski definition) is 2. The van der Waals surface area contributed by atoms with Crippen molar-refractivity contribution in [3.63, 3.8) is 0 Å². The number of aliphatic imine (C=N–C) groups is 1. The van der Waals surface area contributed by atoms with Gasteiger partial charge in [-0.1, -0.05) is 49.3 Å². The second kappa shape index (κ2) is 12.9. The van der Waals surface area contributed by atoms with Gasteiger partial charge < -0.3 is 19.9 Å². The van der Waals surface area contributed by atoms with Crippen LogP contribution in [0.3, 0.4) is 0 Å². The van der Waals surface area contributed by atoms with Gasteiger partial charge in [-0.05, 0) is 30.0 Å². The molecule has 2 aromatic heterocycles. The lowest BCUT2D eigenvalue weighted by Gasteiger charge is -2.10. The maximum absolute atomic E-state index is 5.80. The van der Waals surface area contributed by atoms with Gasteiger partial charge in [0, 0.05) is 24.9 Å². The van der Waals surface area contributed by atoms with E-state index >= 15 is 0 Å². The highest BCUT2D eigenvalue weighted by Gasteiger charge is 2.08. The van der Waals surface area contributed by atoms with Gasteiger partial charge in [0.15, 0.2) is 11.7 Å². The molecule has 1 aromatic carbocycles. The second-order valence-corrected chi connectivity index (χ2v) is 7.20. The fourth-order valence-electron chi connectivity index (χ4n) is 2.73. The third kappa shape index (κ3) is 8.20. The molecule has 0 bridgehead atoms. The van der Waals surface area contributed by atoms with Crippen LogP contribution in [-0.4, -0.2) is 22.6 Å². The molecule has 0 aliphatic carbocycles. The summed E-state index contributed by atoms with van der Waals surface area (Å²) in [5, 5.41) is 10.6. The molecule has 31 heavy (non-hydrogen) atoms. The minimum absolute atomic E-state index is 0. The van der Waals surface area contributed by atoms with Crippen molar-refractivity contribution in [1.82, 2.24) is 20.8 Å². The predicted molar refractivity (Wildman–Crippen MR) is 133 cm³/mol. The molecule has 8 heteroatoms. The fourth-order valence-corrected chi connectivity index (χ4v) is 2.73. The van der Waals surface area contributed by atoms with E-state index in [-0.39, 0.29) is 24.0 Å². The monoisotopic (exact) mass is 535 g/mol. The lowest BCUT2D eigenvalue weighted by Crippen LogP contribution is -2.36.